The van der Waals surface area contributed by atoms with Gasteiger partial charge in [0.2, 0.25) is 0 Å². The molecule has 0 heterocycles. The number of hydrogen-bond donors (Lipinski definition) is 0. The minimum Gasteiger partial charge on any atom is -0.283 e. The van der Waals surface area contributed by atoms with Crippen molar-refractivity contribution < 1.29 is 26.7 Å². The molecule has 0 aliphatic heterocycles. The van der Waals surface area contributed by atoms with Crippen molar-refractivity contribution in [3.8, 4) is 0 Å². The van der Waals surface area contributed by atoms with E-state index in [0.29, 0.717) is 24.7 Å². The van der Waals surface area contributed by atoms with Crippen LogP contribution < -0.4 is 0 Å². The molecule has 0 radical (unpaired) electrons. The number of alkyl halides is 3. The molecule has 4 rings (SSSR count). The van der Waals surface area contributed by atoms with Gasteiger partial charge < -0.3 is 0 Å². The predicted octanol–water partition coefficient (Wildman–Crippen LogP) is 7.74. The first kappa shape index (κ1) is 22.0. The maximum Gasteiger partial charge on any atom is 0.523 e. The number of halogens is 5. The second-order valence-electron chi connectivity index (χ2n) is 9.70. The molecule has 2 saturated carbocycles. The molecule has 0 N–H and O–H groups in total. The number of hydrogen-bond acceptors (Lipinski definition) is 1. The third-order valence-corrected chi connectivity index (χ3v) is 7.94. The molecule has 2 fully saturated rings. The summed E-state index contributed by atoms with van der Waals surface area (Å²) in [6.45, 7) is 2.22. The largest absolute Gasteiger partial charge is 0.523 e. The molecule has 6 unspecified atom stereocenters. The van der Waals surface area contributed by atoms with Crippen LogP contribution in [-0.4, -0.2) is 6.36 Å². The minimum atomic E-state index is -4.84. The highest BCUT2D eigenvalue weighted by Gasteiger charge is 2.46. The van der Waals surface area contributed by atoms with E-state index in [9.17, 15) is 22.0 Å². The van der Waals surface area contributed by atoms with Crippen molar-refractivity contribution in [2.75, 3.05) is 0 Å². The summed E-state index contributed by atoms with van der Waals surface area (Å²) >= 11 is 0. The van der Waals surface area contributed by atoms with Gasteiger partial charge >= 0.3 is 6.36 Å². The number of rotatable bonds is 4. The zero-order valence-corrected chi connectivity index (χ0v) is 17.5. The molecule has 0 amide bonds. The molecule has 6 atom stereocenters. The van der Waals surface area contributed by atoms with Crippen molar-refractivity contribution in [1.29, 1.82) is 0 Å². The van der Waals surface area contributed by atoms with Crippen LogP contribution in [0, 0.1) is 41.2 Å². The molecular weight excluding hydrogens is 399 g/mol. The summed E-state index contributed by atoms with van der Waals surface area (Å²) in [5.41, 5.74) is 0.227. The molecule has 0 saturated heterocycles. The molecule has 0 bridgehead atoms. The molecule has 1 aromatic rings. The van der Waals surface area contributed by atoms with Crippen LogP contribution in [0.1, 0.15) is 81.9 Å². The fourth-order valence-electron chi connectivity index (χ4n) is 6.69. The Hall–Kier alpha value is -1.17. The fourth-order valence-corrected chi connectivity index (χ4v) is 6.69. The van der Waals surface area contributed by atoms with Crippen LogP contribution in [0.15, 0.2) is 12.1 Å². The zero-order valence-electron chi connectivity index (χ0n) is 17.5. The molecule has 0 aromatic heterocycles. The Kier molecular flexibility index (Phi) is 6.43. The summed E-state index contributed by atoms with van der Waals surface area (Å²) in [4.78, 5) is 0. The van der Waals surface area contributed by atoms with E-state index in [0.717, 1.165) is 43.7 Å². The lowest BCUT2D eigenvalue weighted by molar-refractivity contribution is -0.354. The molecule has 3 aliphatic carbocycles. The summed E-state index contributed by atoms with van der Waals surface area (Å²) in [6.07, 6.45) is 3.58. The molecule has 168 valence electrons. The molecule has 6 heteroatoms. The van der Waals surface area contributed by atoms with E-state index in [1.165, 1.54) is 25.7 Å². The maximum atomic E-state index is 14.3. The lowest BCUT2D eigenvalue weighted by Gasteiger charge is -2.46. The summed E-state index contributed by atoms with van der Waals surface area (Å²) in [6, 6.07) is 1.80. The zero-order chi connectivity index (χ0) is 21.5. The van der Waals surface area contributed by atoms with Gasteiger partial charge in [0.25, 0.3) is 0 Å². The second kappa shape index (κ2) is 8.76. The Labute approximate surface area is 175 Å². The Morgan fingerprint density at radius 2 is 1.63 bits per heavy atom. The van der Waals surface area contributed by atoms with Gasteiger partial charge in [0.05, 0.1) is 6.10 Å². The van der Waals surface area contributed by atoms with Crippen molar-refractivity contribution in [3.05, 3.63) is 34.9 Å². The lowest BCUT2D eigenvalue weighted by Crippen LogP contribution is -2.38. The summed E-state index contributed by atoms with van der Waals surface area (Å²) in [5, 5.41) is 0. The SMILES string of the molecule is CCCC1CCC2CC(C3CCc4c(F)cc(F)cc4C3OC(F)(F)F)CCC2C1. The first-order valence-corrected chi connectivity index (χ1v) is 11.5. The molecule has 3 aliphatic rings. The topological polar surface area (TPSA) is 9.23 Å². The van der Waals surface area contributed by atoms with Crippen LogP contribution in [-0.2, 0) is 11.2 Å². The van der Waals surface area contributed by atoms with Gasteiger partial charge in [-0.05, 0) is 91.7 Å². The van der Waals surface area contributed by atoms with Gasteiger partial charge in [0.1, 0.15) is 11.6 Å². The Bertz CT molecular complexity index is 746. The van der Waals surface area contributed by atoms with E-state index < -0.39 is 24.1 Å². The van der Waals surface area contributed by atoms with Gasteiger partial charge in [-0.15, -0.1) is 13.2 Å². The second-order valence-corrected chi connectivity index (χ2v) is 9.70. The van der Waals surface area contributed by atoms with Crippen molar-refractivity contribution in [2.24, 2.45) is 29.6 Å². The van der Waals surface area contributed by atoms with Crippen molar-refractivity contribution in [3.63, 3.8) is 0 Å². The van der Waals surface area contributed by atoms with Crippen LogP contribution in [0.25, 0.3) is 0 Å². The summed E-state index contributed by atoms with van der Waals surface area (Å²) < 4.78 is 72.4. The smallest absolute Gasteiger partial charge is 0.283 e. The van der Waals surface area contributed by atoms with Crippen molar-refractivity contribution >= 4 is 0 Å². The van der Waals surface area contributed by atoms with Gasteiger partial charge in [-0.3, -0.25) is 4.74 Å². The molecule has 0 spiro atoms. The highest BCUT2D eigenvalue weighted by Crippen LogP contribution is 2.53. The van der Waals surface area contributed by atoms with Gasteiger partial charge in [-0.1, -0.05) is 26.2 Å². The monoisotopic (exact) mass is 430 g/mol. The summed E-state index contributed by atoms with van der Waals surface area (Å²) in [7, 11) is 0. The third-order valence-electron chi connectivity index (χ3n) is 7.94. The van der Waals surface area contributed by atoms with E-state index >= 15 is 0 Å². The Balaban J connectivity index is 1.54. The number of fused-ring (bicyclic) bond motifs is 2. The predicted molar refractivity (Wildman–Crippen MR) is 105 cm³/mol. The first-order valence-electron chi connectivity index (χ1n) is 11.5. The summed E-state index contributed by atoms with van der Waals surface area (Å²) in [5.74, 6) is 0.184. The quantitative estimate of drug-likeness (QED) is 0.444. The van der Waals surface area contributed by atoms with Crippen LogP contribution in [0.4, 0.5) is 22.0 Å². The molecule has 1 aromatic carbocycles. The number of ether oxygens (including phenoxy) is 1. The van der Waals surface area contributed by atoms with E-state index in [-0.39, 0.29) is 23.0 Å². The third kappa shape index (κ3) is 4.68. The molecule has 1 nitrogen and oxygen atoms in total. The molecular formula is C24H31F5O. The highest BCUT2D eigenvalue weighted by molar-refractivity contribution is 5.34. The lowest BCUT2D eigenvalue weighted by atomic mass is 9.60. The van der Waals surface area contributed by atoms with E-state index in [4.69, 9.17) is 0 Å². The van der Waals surface area contributed by atoms with Gasteiger partial charge in [-0.25, -0.2) is 8.78 Å². The normalized spacial score (nSPS) is 34.3. The minimum absolute atomic E-state index is 0.0508. The highest BCUT2D eigenvalue weighted by atomic mass is 19.4. The van der Waals surface area contributed by atoms with Gasteiger partial charge in [0, 0.05) is 6.07 Å². The van der Waals surface area contributed by atoms with Crippen LogP contribution >= 0.6 is 0 Å². The fraction of sp³-hybridized carbons (Fsp3) is 0.750. The van der Waals surface area contributed by atoms with Crippen molar-refractivity contribution in [2.45, 2.75) is 83.6 Å². The average molecular weight is 431 g/mol. The average Bonchev–Trinajstić information content (AvgIpc) is 2.67. The van der Waals surface area contributed by atoms with Crippen LogP contribution in [0.5, 0.6) is 0 Å². The standard InChI is InChI=1S/C24H31F5O/c1-2-3-14-4-5-16-11-17(7-6-15(16)10-14)19-8-9-20-21(12-18(25)13-22(20)26)23(19)30-24(27,28)29/h12-17,19,23H,2-11H2,1H3. The van der Waals surface area contributed by atoms with Crippen LogP contribution in [0.3, 0.4) is 0 Å². The number of benzene rings is 1. The van der Waals surface area contributed by atoms with E-state index in [1.54, 1.807) is 0 Å². The van der Waals surface area contributed by atoms with E-state index in [1.807, 2.05) is 0 Å². The first-order chi connectivity index (χ1) is 14.2. The van der Waals surface area contributed by atoms with Crippen molar-refractivity contribution in [1.82, 2.24) is 0 Å². The van der Waals surface area contributed by atoms with Gasteiger partial charge in [0.15, 0.2) is 0 Å². The maximum absolute atomic E-state index is 14.3. The Morgan fingerprint density at radius 1 is 0.933 bits per heavy atom. The van der Waals surface area contributed by atoms with Crippen LogP contribution in [0.2, 0.25) is 0 Å². The van der Waals surface area contributed by atoms with E-state index in [2.05, 4.69) is 11.7 Å². The molecule has 30 heavy (non-hydrogen) atoms. The Morgan fingerprint density at radius 3 is 2.37 bits per heavy atom. The van der Waals surface area contributed by atoms with Gasteiger partial charge in [-0.2, -0.15) is 0 Å².